The maximum absolute atomic E-state index is 4.29. The van der Waals surface area contributed by atoms with Gasteiger partial charge < -0.3 is 0 Å². The van der Waals surface area contributed by atoms with Crippen molar-refractivity contribution >= 4 is 0 Å². The molecule has 20 heavy (non-hydrogen) atoms. The first-order valence-corrected chi connectivity index (χ1v) is 6.20. The van der Waals surface area contributed by atoms with Crippen molar-refractivity contribution in [1.82, 2.24) is 15.0 Å². The van der Waals surface area contributed by atoms with E-state index in [1.807, 2.05) is 36.4 Å². The summed E-state index contributed by atoms with van der Waals surface area (Å²) in [6.45, 7) is 0. The van der Waals surface area contributed by atoms with Crippen molar-refractivity contribution in [1.29, 1.82) is 0 Å². The first kappa shape index (κ1) is 12.1. The number of rotatable bonds is 1. The summed E-state index contributed by atoms with van der Waals surface area (Å²) >= 11 is 0. The fraction of sp³-hybridized carbons (Fsp3) is 0. The van der Waals surface area contributed by atoms with Gasteiger partial charge in [-0.3, -0.25) is 15.0 Å². The van der Waals surface area contributed by atoms with Crippen LogP contribution in [0.5, 0.6) is 0 Å². The van der Waals surface area contributed by atoms with Crippen LogP contribution in [0.15, 0.2) is 67.4 Å². The van der Waals surface area contributed by atoms with E-state index in [0.29, 0.717) is 0 Å². The Hall–Kier alpha value is -2.99. The molecule has 2 heterocycles. The largest absolute Gasteiger partial charge is 0.265 e. The SMILES string of the molecule is C(#Cc1cccc(-c2cnccn2)c1)c1ccncc1. The minimum absolute atomic E-state index is 0.847. The van der Waals surface area contributed by atoms with Gasteiger partial charge in [-0.25, -0.2) is 0 Å². The molecule has 2 aromatic heterocycles. The average molecular weight is 257 g/mol. The van der Waals surface area contributed by atoms with E-state index in [2.05, 4.69) is 26.8 Å². The molecular formula is C17H11N3. The van der Waals surface area contributed by atoms with Crippen molar-refractivity contribution in [3.63, 3.8) is 0 Å². The molecule has 3 aromatic rings. The van der Waals surface area contributed by atoms with Crippen molar-refractivity contribution in [2.45, 2.75) is 0 Å². The van der Waals surface area contributed by atoms with Gasteiger partial charge in [0.05, 0.1) is 11.9 Å². The molecule has 3 heteroatoms. The normalized spacial score (nSPS) is 9.60. The van der Waals surface area contributed by atoms with Crippen molar-refractivity contribution in [3.8, 4) is 23.1 Å². The van der Waals surface area contributed by atoms with Crippen molar-refractivity contribution in [2.24, 2.45) is 0 Å². The van der Waals surface area contributed by atoms with Crippen molar-refractivity contribution in [3.05, 3.63) is 78.5 Å². The molecule has 0 atom stereocenters. The summed E-state index contributed by atoms with van der Waals surface area (Å²) in [4.78, 5) is 12.3. The van der Waals surface area contributed by atoms with Crippen LogP contribution < -0.4 is 0 Å². The lowest BCUT2D eigenvalue weighted by molar-refractivity contribution is 1.21. The third kappa shape index (κ3) is 2.88. The van der Waals surface area contributed by atoms with E-state index in [0.717, 1.165) is 22.4 Å². The van der Waals surface area contributed by atoms with Crippen LogP contribution in [0.25, 0.3) is 11.3 Å². The highest BCUT2D eigenvalue weighted by molar-refractivity contribution is 5.61. The highest BCUT2D eigenvalue weighted by Crippen LogP contribution is 2.16. The monoisotopic (exact) mass is 257 g/mol. The van der Waals surface area contributed by atoms with Gasteiger partial charge in [-0.1, -0.05) is 24.0 Å². The Morgan fingerprint density at radius 2 is 1.60 bits per heavy atom. The molecule has 0 saturated heterocycles. The van der Waals surface area contributed by atoms with Gasteiger partial charge in [-0.05, 0) is 24.3 Å². The van der Waals surface area contributed by atoms with Gasteiger partial charge in [-0.2, -0.15) is 0 Å². The Kier molecular flexibility index (Phi) is 3.48. The molecule has 0 aliphatic heterocycles. The highest BCUT2D eigenvalue weighted by atomic mass is 14.8. The van der Waals surface area contributed by atoms with E-state index in [-0.39, 0.29) is 0 Å². The molecule has 0 bridgehead atoms. The molecule has 0 fully saturated rings. The Morgan fingerprint density at radius 3 is 2.40 bits per heavy atom. The van der Waals surface area contributed by atoms with Gasteiger partial charge in [0, 0.05) is 41.5 Å². The van der Waals surface area contributed by atoms with Crippen LogP contribution in [0.1, 0.15) is 11.1 Å². The lowest BCUT2D eigenvalue weighted by Crippen LogP contribution is -1.85. The molecule has 0 radical (unpaired) electrons. The summed E-state index contributed by atoms with van der Waals surface area (Å²) in [7, 11) is 0. The number of benzene rings is 1. The molecule has 3 rings (SSSR count). The van der Waals surface area contributed by atoms with Crippen LogP contribution in [-0.2, 0) is 0 Å². The highest BCUT2D eigenvalue weighted by Gasteiger charge is 1.98. The maximum Gasteiger partial charge on any atom is 0.0885 e. The number of aromatic nitrogens is 3. The third-order valence-corrected chi connectivity index (χ3v) is 2.75. The second-order valence-corrected chi connectivity index (χ2v) is 4.16. The van der Waals surface area contributed by atoms with Gasteiger partial charge in [0.2, 0.25) is 0 Å². The molecule has 1 aromatic carbocycles. The maximum atomic E-state index is 4.29. The molecule has 0 amide bonds. The van der Waals surface area contributed by atoms with E-state index in [1.54, 1.807) is 31.0 Å². The number of nitrogens with zero attached hydrogens (tertiary/aromatic N) is 3. The van der Waals surface area contributed by atoms with Crippen molar-refractivity contribution < 1.29 is 0 Å². The smallest absolute Gasteiger partial charge is 0.0885 e. The molecular weight excluding hydrogens is 246 g/mol. The van der Waals surface area contributed by atoms with E-state index < -0.39 is 0 Å². The van der Waals surface area contributed by atoms with Gasteiger partial charge >= 0.3 is 0 Å². The molecule has 3 nitrogen and oxygen atoms in total. The summed E-state index contributed by atoms with van der Waals surface area (Å²) in [5.74, 6) is 6.26. The van der Waals surface area contributed by atoms with E-state index in [1.165, 1.54) is 0 Å². The molecule has 0 spiro atoms. The summed E-state index contributed by atoms with van der Waals surface area (Å²) in [6.07, 6.45) is 8.57. The standard InChI is InChI=1S/C17H11N3/c1-2-15(5-4-14-6-8-18-9-7-14)12-16(3-1)17-13-19-10-11-20-17/h1-3,6-13H. The third-order valence-electron chi connectivity index (χ3n) is 2.75. The number of hydrogen-bond acceptors (Lipinski definition) is 3. The van der Waals surface area contributed by atoms with Crippen LogP contribution >= 0.6 is 0 Å². The predicted octanol–water partition coefficient (Wildman–Crippen LogP) is 2.94. The Bertz CT molecular complexity index is 756. The summed E-state index contributed by atoms with van der Waals surface area (Å²) in [5.41, 5.74) is 3.76. The van der Waals surface area contributed by atoms with E-state index in [4.69, 9.17) is 0 Å². The number of pyridine rings is 1. The summed E-state index contributed by atoms with van der Waals surface area (Å²) in [5, 5.41) is 0. The van der Waals surface area contributed by atoms with Gasteiger partial charge in [-0.15, -0.1) is 0 Å². The average Bonchev–Trinajstić information content (AvgIpc) is 2.55. The lowest BCUT2D eigenvalue weighted by Gasteiger charge is -1.99. The predicted molar refractivity (Wildman–Crippen MR) is 77.7 cm³/mol. The Balaban J connectivity index is 1.91. The molecule has 0 unspecified atom stereocenters. The van der Waals surface area contributed by atoms with Crippen LogP contribution in [0.2, 0.25) is 0 Å². The topological polar surface area (TPSA) is 38.7 Å². The molecule has 0 aliphatic carbocycles. The van der Waals surface area contributed by atoms with Crippen LogP contribution in [0.3, 0.4) is 0 Å². The zero-order valence-electron chi connectivity index (χ0n) is 10.7. The van der Waals surface area contributed by atoms with E-state index in [9.17, 15) is 0 Å². The molecule has 94 valence electrons. The zero-order valence-corrected chi connectivity index (χ0v) is 10.7. The van der Waals surface area contributed by atoms with E-state index >= 15 is 0 Å². The first-order chi connectivity index (χ1) is 9.92. The van der Waals surface area contributed by atoms with Gasteiger partial charge in [0.1, 0.15) is 0 Å². The minimum Gasteiger partial charge on any atom is -0.265 e. The minimum atomic E-state index is 0.847. The van der Waals surface area contributed by atoms with Crippen LogP contribution in [0, 0.1) is 11.8 Å². The zero-order chi connectivity index (χ0) is 13.6. The van der Waals surface area contributed by atoms with Crippen LogP contribution in [0.4, 0.5) is 0 Å². The van der Waals surface area contributed by atoms with Crippen LogP contribution in [-0.4, -0.2) is 15.0 Å². The summed E-state index contributed by atoms with van der Waals surface area (Å²) < 4.78 is 0. The second kappa shape index (κ2) is 5.77. The van der Waals surface area contributed by atoms with Gasteiger partial charge in [0.25, 0.3) is 0 Å². The number of hydrogen-bond donors (Lipinski definition) is 0. The Morgan fingerprint density at radius 1 is 0.750 bits per heavy atom. The summed E-state index contributed by atoms with van der Waals surface area (Å²) in [6, 6.07) is 11.7. The fourth-order valence-electron chi connectivity index (χ4n) is 1.78. The molecule has 0 N–H and O–H groups in total. The Labute approximate surface area is 117 Å². The molecule has 0 saturated carbocycles. The quantitative estimate of drug-likeness (QED) is 0.629. The van der Waals surface area contributed by atoms with Crippen molar-refractivity contribution in [2.75, 3.05) is 0 Å². The molecule has 0 aliphatic rings. The first-order valence-electron chi connectivity index (χ1n) is 6.20. The lowest BCUT2D eigenvalue weighted by atomic mass is 10.1. The van der Waals surface area contributed by atoms with Gasteiger partial charge in [0.15, 0.2) is 0 Å². The fourth-order valence-corrected chi connectivity index (χ4v) is 1.78. The second-order valence-electron chi connectivity index (χ2n) is 4.16.